The van der Waals surface area contributed by atoms with E-state index in [0.717, 1.165) is 31.2 Å². The second-order valence-electron chi connectivity index (χ2n) is 12.4. The normalized spacial score (nSPS) is 13.3. The minimum Gasteiger partial charge on any atom is -0.490 e. The number of para-hydroxylation sites is 1. The molecule has 1 heterocycles. The summed E-state index contributed by atoms with van der Waals surface area (Å²) in [5.74, 6) is -0.765. The molecule has 0 saturated heterocycles. The summed E-state index contributed by atoms with van der Waals surface area (Å²) in [7, 11) is 0. The number of benzene rings is 2. The van der Waals surface area contributed by atoms with Crippen LogP contribution >= 0.6 is 0 Å². The number of rotatable bonds is 15. The molecule has 7 nitrogen and oxygen atoms in total. The Kier molecular flexibility index (Phi) is 11.6. The van der Waals surface area contributed by atoms with Gasteiger partial charge in [-0.05, 0) is 53.5 Å². The molecule has 1 unspecified atom stereocenters. The maximum atomic E-state index is 13.4. The number of ether oxygens (including phenoxy) is 1. The molecule has 3 rings (SSSR count). The van der Waals surface area contributed by atoms with E-state index in [2.05, 4.69) is 61.8 Å². The molecule has 1 aromatic heterocycles. The van der Waals surface area contributed by atoms with Gasteiger partial charge in [0.25, 0.3) is 0 Å². The second kappa shape index (κ2) is 14.5. The molecule has 42 heavy (non-hydrogen) atoms. The van der Waals surface area contributed by atoms with Crippen molar-refractivity contribution in [1.29, 1.82) is 0 Å². The van der Waals surface area contributed by atoms with Crippen LogP contribution in [0.5, 0.6) is 11.5 Å². The fourth-order valence-electron chi connectivity index (χ4n) is 5.10. The van der Waals surface area contributed by atoms with Crippen molar-refractivity contribution in [3.8, 4) is 11.5 Å². The third kappa shape index (κ3) is 10.1. The van der Waals surface area contributed by atoms with Gasteiger partial charge in [0.1, 0.15) is 0 Å². The molecule has 0 aliphatic heterocycles. The fraction of sp³-hybridized carbons (Fsp3) is 0.548. The maximum absolute atomic E-state index is 13.4. The SMILES string of the molecule is CCCCCCCCOc1ccc(C(C)(C)CC(C)(C)C)cc1OS(=O)NNc1nc(C(F)(F)F)nc2ccccc12. The minimum atomic E-state index is -4.75. The Morgan fingerprint density at radius 1 is 0.881 bits per heavy atom. The molecule has 0 bridgehead atoms. The number of aromatic nitrogens is 2. The molecule has 232 valence electrons. The van der Waals surface area contributed by atoms with Crippen molar-refractivity contribution in [3.05, 3.63) is 53.9 Å². The van der Waals surface area contributed by atoms with Gasteiger partial charge in [0.2, 0.25) is 5.82 Å². The third-order valence-corrected chi connectivity index (χ3v) is 7.33. The van der Waals surface area contributed by atoms with Crippen LogP contribution in [0.4, 0.5) is 19.0 Å². The zero-order chi connectivity index (χ0) is 31.0. The lowest BCUT2D eigenvalue weighted by atomic mass is 9.72. The van der Waals surface area contributed by atoms with Gasteiger partial charge in [-0.15, -0.1) is 4.83 Å². The van der Waals surface area contributed by atoms with Gasteiger partial charge >= 0.3 is 17.4 Å². The molecule has 0 aliphatic rings. The predicted octanol–water partition coefficient (Wildman–Crippen LogP) is 8.68. The van der Waals surface area contributed by atoms with Crippen LogP contribution in [0.1, 0.15) is 97.9 Å². The van der Waals surface area contributed by atoms with E-state index >= 15 is 0 Å². The fourth-order valence-corrected chi connectivity index (χ4v) is 5.61. The number of alkyl halides is 3. The summed E-state index contributed by atoms with van der Waals surface area (Å²) in [6.45, 7) is 13.5. The van der Waals surface area contributed by atoms with Crippen molar-refractivity contribution in [2.24, 2.45) is 5.41 Å². The van der Waals surface area contributed by atoms with Crippen LogP contribution in [0, 0.1) is 5.41 Å². The summed E-state index contributed by atoms with van der Waals surface area (Å²) in [5, 5.41) is 0.323. The average molecular weight is 609 g/mol. The van der Waals surface area contributed by atoms with Crippen molar-refractivity contribution < 1.29 is 26.3 Å². The maximum Gasteiger partial charge on any atom is 0.451 e. The second-order valence-corrected chi connectivity index (χ2v) is 13.2. The molecule has 0 radical (unpaired) electrons. The molecule has 0 spiro atoms. The number of hydrogen-bond acceptors (Lipinski definition) is 6. The smallest absolute Gasteiger partial charge is 0.451 e. The highest BCUT2D eigenvalue weighted by atomic mass is 32.2. The van der Waals surface area contributed by atoms with Crippen LogP contribution in [0.2, 0.25) is 0 Å². The van der Waals surface area contributed by atoms with E-state index in [9.17, 15) is 17.4 Å². The standard InChI is InChI=1S/C31H43F3N4O3S/c1-7-8-9-10-11-14-19-40-25-18-17-22(30(5,6)21-29(2,3)4)20-26(25)41-42(39)38-37-27-23-15-12-13-16-24(23)35-28(36-27)31(32,33)34/h12-13,15-18,20,38H,7-11,14,19,21H2,1-6H3,(H,35,36,37). The van der Waals surface area contributed by atoms with Gasteiger partial charge < -0.3 is 8.92 Å². The highest BCUT2D eigenvalue weighted by Gasteiger charge is 2.35. The zero-order valence-corrected chi connectivity index (χ0v) is 26.2. The van der Waals surface area contributed by atoms with E-state index in [1.54, 1.807) is 18.2 Å². The first kappa shape index (κ1) is 33.6. The number of fused-ring (bicyclic) bond motifs is 1. The molecule has 0 fully saturated rings. The summed E-state index contributed by atoms with van der Waals surface area (Å²) in [6, 6.07) is 11.9. The van der Waals surface area contributed by atoms with Crippen molar-refractivity contribution in [2.75, 3.05) is 12.0 Å². The molecule has 0 amide bonds. The molecule has 2 aromatic carbocycles. The van der Waals surface area contributed by atoms with E-state index in [4.69, 9.17) is 8.92 Å². The number of nitrogens with zero attached hydrogens (tertiary/aromatic N) is 2. The summed E-state index contributed by atoms with van der Waals surface area (Å²) in [4.78, 5) is 9.63. The Labute approximate surface area is 249 Å². The van der Waals surface area contributed by atoms with Gasteiger partial charge in [-0.2, -0.15) is 17.4 Å². The van der Waals surface area contributed by atoms with E-state index in [1.165, 1.54) is 25.3 Å². The Morgan fingerprint density at radius 2 is 1.57 bits per heavy atom. The van der Waals surface area contributed by atoms with Crippen LogP contribution in [0.25, 0.3) is 10.9 Å². The number of nitrogens with one attached hydrogen (secondary N) is 2. The summed E-state index contributed by atoms with van der Waals surface area (Å²) < 4.78 is 65.0. The number of halogens is 3. The molecule has 2 N–H and O–H groups in total. The zero-order valence-electron chi connectivity index (χ0n) is 25.4. The van der Waals surface area contributed by atoms with Crippen LogP contribution < -0.4 is 19.2 Å². The van der Waals surface area contributed by atoms with Gasteiger partial charge in [0, 0.05) is 5.39 Å². The van der Waals surface area contributed by atoms with Gasteiger partial charge in [-0.1, -0.05) is 91.8 Å². The van der Waals surface area contributed by atoms with Crippen molar-refractivity contribution in [3.63, 3.8) is 0 Å². The topological polar surface area (TPSA) is 85.4 Å². The van der Waals surface area contributed by atoms with Gasteiger partial charge in [-0.3, -0.25) is 5.43 Å². The molecular formula is C31H43F3N4O3S. The monoisotopic (exact) mass is 608 g/mol. The lowest BCUT2D eigenvalue weighted by molar-refractivity contribution is -0.144. The van der Waals surface area contributed by atoms with Crippen LogP contribution in [0.15, 0.2) is 42.5 Å². The molecular weight excluding hydrogens is 565 g/mol. The highest BCUT2D eigenvalue weighted by molar-refractivity contribution is 7.78. The highest BCUT2D eigenvalue weighted by Crippen LogP contribution is 2.40. The average Bonchev–Trinajstić information content (AvgIpc) is 2.89. The Balaban J connectivity index is 1.79. The molecule has 0 aliphatic carbocycles. The quantitative estimate of drug-likeness (QED) is 0.133. The lowest BCUT2D eigenvalue weighted by Crippen LogP contribution is -2.29. The minimum absolute atomic E-state index is 0.0708. The van der Waals surface area contributed by atoms with Gasteiger partial charge in [0.05, 0.1) is 12.1 Å². The predicted molar refractivity (Wildman–Crippen MR) is 162 cm³/mol. The van der Waals surface area contributed by atoms with Gasteiger partial charge in [0.15, 0.2) is 17.3 Å². The van der Waals surface area contributed by atoms with E-state index < -0.39 is 23.3 Å². The summed E-state index contributed by atoms with van der Waals surface area (Å²) in [6.07, 6.45) is 2.83. The van der Waals surface area contributed by atoms with Crippen molar-refractivity contribution in [2.45, 2.75) is 98.1 Å². The summed E-state index contributed by atoms with van der Waals surface area (Å²) in [5.41, 5.74) is 3.46. The van der Waals surface area contributed by atoms with Crippen LogP contribution in [0.3, 0.4) is 0 Å². The lowest BCUT2D eigenvalue weighted by Gasteiger charge is -2.33. The molecule has 11 heteroatoms. The molecule has 3 aromatic rings. The largest absolute Gasteiger partial charge is 0.490 e. The molecule has 1 atom stereocenters. The van der Waals surface area contributed by atoms with E-state index in [1.807, 2.05) is 18.2 Å². The third-order valence-electron chi connectivity index (χ3n) is 6.73. The number of unbranched alkanes of at least 4 members (excludes halogenated alkanes) is 5. The van der Waals surface area contributed by atoms with Crippen molar-refractivity contribution in [1.82, 2.24) is 14.8 Å². The molecule has 0 saturated carbocycles. The Bertz CT molecular complexity index is 1340. The Hall–Kier alpha value is -2.92. The Morgan fingerprint density at radius 3 is 2.26 bits per heavy atom. The van der Waals surface area contributed by atoms with E-state index in [-0.39, 0.29) is 27.9 Å². The number of anilines is 1. The summed E-state index contributed by atoms with van der Waals surface area (Å²) >= 11 is -2.20. The van der Waals surface area contributed by atoms with Crippen LogP contribution in [-0.4, -0.2) is 20.8 Å². The number of hydrogen-bond donors (Lipinski definition) is 2. The van der Waals surface area contributed by atoms with E-state index in [0.29, 0.717) is 17.7 Å². The first-order valence-corrected chi connectivity index (χ1v) is 15.5. The van der Waals surface area contributed by atoms with Crippen LogP contribution in [-0.2, 0) is 22.9 Å². The first-order valence-electron chi connectivity index (χ1n) is 14.4. The van der Waals surface area contributed by atoms with Gasteiger partial charge in [-0.25, -0.2) is 9.97 Å². The number of hydrazine groups is 1. The first-order chi connectivity index (χ1) is 19.7. The van der Waals surface area contributed by atoms with Crippen molar-refractivity contribution >= 4 is 28.0 Å².